The van der Waals surface area contributed by atoms with E-state index in [2.05, 4.69) is 10.3 Å². The van der Waals surface area contributed by atoms with Gasteiger partial charge in [-0.15, -0.1) is 0 Å². The fraction of sp³-hybridized carbons (Fsp3) is 0.125. The van der Waals surface area contributed by atoms with E-state index >= 15 is 0 Å². The van der Waals surface area contributed by atoms with Crippen molar-refractivity contribution in [2.75, 3.05) is 12.4 Å². The molecule has 0 spiro atoms. The number of methoxy groups -OCH3 is 1. The van der Waals surface area contributed by atoms with E-state index in [9.17, 15) is 14.9 Å². The summed E-state index contributed by atoms with van der Waals surface area (Å²) in [4.78, 5) is 26.9. The number of aromatic nitrogens is 2. The summed E-state index contributed by atoms with van der Waals surface area (Å²) >= 11 is 0. The first-order valence-corrected chi connectivity index (χ1v) is 7.11. The van der Waals surface area contributed by atoms with Gasteiger partial charge in [-0.25, -0.2) is 4.98 Å². The Morgan fingerprint density at radius 3 is 2.92 bits per heavy atom. The quantitative estimate of drug-likeness (QED) is 0.573. The molecule has 8 heteroatoms. The Morgan fingerprint density at radius 1 is 1.38 bits per heavy atom. The summed E-state index contributed by atoms with van der Waals surface area (Å²) in [6.07, 6.45) is 3.68. The highest BCUT2D eigenvalue weighted by molar-refractivity contribution is 5.92. The van der Waals surface area contributed by atoms with Crippen molar-refractivity contribution >= 4 is 22.9 Å². The van der Waals surface area contributed by atoms with E-state index in [1.54, 1.807) is 12.3 Å². The van der Waals surface area contributed by atoms with Crippen LogP contribution in [-0.2, 0) is 11.2 Å². The molecular weight excluding hydrogens is 312 g/mol. The van der Waals surface area contributed by atoms with Gasteiger partial charge in [0.1, 0.15) is 5.65 Å². The number of pyridine rings is 1. The Morgan fingerprint density at radius 2 is 2.21 bits per heavy atom. The van der Waals surface area contributed by atoms with Crippen LogP contribution in [0.4, 0.5) is 11.4 Å². The molecule has 8 nitrogen and oxygen atoms in total. The summed E-state index contributed by atoms with van der Waals surface area (Å²) in [5.41, 5.74) is 1.49. The third-order valence-electron chi connectivity index (χ3n) is 3.41. The molecule has 2 heterocycles. The van der Waals surface area contributed by atoms with E-state index < -0.39 is 4.92 Å². The molecule has 1 amide bonds. The fourth-order valence-electron chi connectivity index (χ4n) is 2.35. The number of nitro groups is 1. The van der Waals surface area contributed by atoms with Gasteiger partial charge in [0.2, 0.25) is 5.91 Å². The smallest absolute Gasteiger partial charge is 0.312 e. The molecule has 1 aromatic carbocycles. The van der Waals surface area contributed by atoms with Gasteiger partial charge >= 0.3 is 5.69 Å². The number of benzene rings is 1. The number of rotatable bonds is 5. The van der Waals surface area contributed by atoms with E-state index in [1.807, 2.05) is 28.8 Å². The SMILES string of the molecule is COc1ccc(NC(=O)Cc2cn3ccccc3n2)cc1[N+](=O)[O-]. The van der Waals surface area contributed by atoms with E-state index in [4.69, 9.17) is 4.74 Å². The molecule has 0 unspecified atom stereocenters. The number of carbonyl (C=O) groups is 1. The molecule has 0 fully saturated rings. The fourth-order valence-corrected chi connectivity index (χ4v) is 2.35. The molecule has 3 aromatic rings. The number of fused-ring (bicyclic) bond motifs is 1. The van der Waals surface area contributed by atoms with Crippen LogP contribution in [-0.4, -0.2) is 27.3 Å². The Bertz CT molecular complexity index is 886. The summed E-state index contributed by atoms with van der Waals surface area (Å²) in [5.74, 6) is -0.170. The Kier molecular flexibility index (Phi) is 4.11. The van der Waals surface area contributed by atoms with Crippen LogP contribution >= 0.6 is 0 Å². The van der Waals surface area contributed by atoms with Crippen LogP contribution in [0.25, 0.3) is 5.65 Å². The highest BCUT2D eigenvalue weighted by Crippen LogP contribution is 2.29. The maximum atomic E-state index is 12.1. The van der Waals surface area contributed by atoms with Gasteiger partial charge in [0.25, 0.3) is 0 Å². The Hall–Kier alpha value is -3.42. The average Bonchev–Trinajstić information content (AvgIpc) is 2.96. The summed E-state index contributed by atoms with van der Waals surface area (Å²) < 4.78 is 6.75. The zero-order chi connectivity index (χ0) is 17.1. The monoisotopic (exact) mass is 326 g/mol. The molecule has 0 atom stereocenters. The Balaban J connectivity index is 1.74. The first kappa shape index (κ1) is 15.5. The zero-order valence-corrected chi connectivity index (χ0v) is 12.8. The molecule has 2 aromatic heterocycles. The van der Waals surface area contributed by atoms with Gasteiger partial charge in [0.05, 0.1) is 24.1 Å². The number of anilines is 1. The molecule has 3 rings (SSSR count). The number of amides is 1. The molecule has 1 N–H and O–H groups in total. The minimum atomic E-state index is -0.559. The number of nitrogens with one attached hydrogen (secondary N) is 1. The molecule has 122 valence electrons. The molecule has 0 aliphatic rings. The van der Waals surface area contributed by atoms with Crippen molar-refractivity contribution in [2.24, 2.45) is 0 Å². The highest BCUT2D eigenvalue weighted by Gasteiger charge is 2.16. The Labute approximate surface area is 136 Å². The maximum Gasteiger partial charge on any atom is 0.312 e. The first-order valence-electron chi connectivity index (χ1n) is 7.11. The van der Waals surface area contributed by atoms with Crippen molar-refractivity contribution in [1.82, 2.24) is 9.38 Å². The summed E-state index contributed by atoms with van der Waals surface area (Å²) in [5, 5.41) is 13.6. The van der Waals surface area contributed by atoms with Crippen LogP contribution in [0, 0.1) is 10.1 Å². The lowest BCUT2D eigenvalue weighted by atomic mass is 10.2. The lowest BCUT2D eigenvalue weighted by molar-refractivity contribution is -0.385. The molecule has 24 heavy (non-hydrogen) atoms. The number of hydrogen-bond donors (Lipinski definition) is 1. The molecule has 0 saturated carbocycles. The number of carbonyl (C=O) groups excluding carboxylic acids is 1. The number of hydrogen-bond acceptors (Lipinski definition) is 5. The van der Waals surface area contributed by atoms with Gasteiger partial charge in [0.15, 0.2) is 5.75 Å². The van der Waals surface area contributed by atoms with Crippen LogP contribution < -0.4 is 10.1 Å². The van der Waals surface area contributed by atoms with Crippen molar-refractivity contribution < 1.29 is 14.5 Å². The molecule has 0 aliphatic carbocycles. The molecular formula is C16H14N4O4. The van der Waals surface area contributed by atoms with Crippen LogP contribution in [0.1, 0.15) is 5.69 Å². The van der Waals surface area contributed by atoms with Crippen molar-refractivity contribution in [3.8, 4) is 5.75 Å². The standard InChI is InChI=1S/C16H14N4O4/c1-24-14-6-5-11(8-13(14)20(22)23)18-16(21)9-12-10-19-7-3-2-4-15(19)17-12/h2-8,10H,9H2,1H3,(H,18,21). The molecule has 0 bridgehead atoms. The third-order valence-corrected chi connectivity index (χ3v) is 3.41. The van der Waals surface area contributed by atoms with Crippen molar-refractivity contribution in [1.29, 1.82) is 0 Å². The van der Waals surface area contributed by atoms with Gasteiger partial charge in [0, 0.05) is 24.1 Å². The van der Waals surface area contributed by atoms with Crippen molar-refractivity contribution in [3.63, 3.8) is 0 Å². The van der Waals surface area contributed by atoms with Gasteiger partial charge < -0.3 is 14.5 Å². The topological polar surface area (TPSA) is 98.8 Å². The summed E-state index contributed by atoms with van der Waals surface area (Å²) in [6.45, 7) is 0. The number of imidazole rings is 1. The van der Waals surface area contributed by atoms with Gasteiger partial charge in [-0.3, -0.25) is 14.9 Å². The van der Waals surface area contributed by atoms with Crippen LogP contribution in [0.15, 0.2) is 48.8 Å². The molecule has 0 aliphatic heterocycles. The highest BCUT2D eigenvalue weighted by atomic mass is 16.6. The van der Waals surface area contributed by atoms with E-state index in [-0.39, 0.29) is 23.8 Å². The van der Waals surface area contributed by atoms with Crippen LogP contribution in [0.5, 0.6) is 5.75 Å². The van der Waals surface area contributed by atoms with Crippen molar-refractivity contribution in [2.45, 2.75) is 6.42 Å². The van der Waals surface area contributed by atoms with Gasteiger partial charge in [-0.2, -0.15) is 0 Å². The summed E-state index contributed by atoms with van der Waals surface area (Å²) in [7, 11) is 1.35. The minimum absolute atomic E-state index is 0.0709. The zero-order valence-electron chi connectivity index (χ0n) is 12.8. The summed E-state index contributed by atoms with van der Waals surface area (Å²) in [6, 6.07) is 9.83. The first-order chi connectivity index (χ1) is 11.6. The largest absolute Gasteiger partial charge is 0.490 e. The second kappa shape index (κ2) is 6.37. The lowest BCUT2D eigenvalue weighted by Gasteiger charge is -2.06. The maximum absolute atomic E-state index is 12.1. The normalized spacial score (nSPS) is 10.5. The lowest BCUT2D eigenvalue weighted by Crippen LogP contribution is -2.14. The van der Waals surface area contributed by atoms with E-state index in [0.717, 1.165) is 5.65 Å². The van der Waals surface area contributed by atoms with Gasteiger partial charge in [-0.1, -0.05) is 6.07 Å². The van der Waals surface area contributed by atoms with E-state index in [1.165, 1.54) is 19.2 Å². The van der Waals surface area contributed by atoms with Gasteiger partial charge in [-0.05, 0) is 24.3 Å². The second-order valence-corrected chi connectivity index (χ2v) is 5.07. The van der Waals surface area contributed by atoms with Crippen molar-refractivity contribution in [3.05, 3.63) is 64.6 Å². The number of nitro benzene ring substituents is 1. The molecule has 0 radical (unpaired) electrons. The second-order valence-electron chi connectivity index (χ2n) is 5.07. The molecule has 0 saturated heterocycles. The third kappa shape index (κ3) is 3.17. The van der Waals surface area contributed by atoms with Crippen LogP contribution in [0.2, 0.25) is 0 Å². The number of nitrogens with zero attached hydrogens (tertiary/aromatic N) is 3. The predicted octanol–water partition coefficient (Wildman–Crippen LogP) is 2.43. The average molecular weight is 326 g/mol. The van der Waals surface area contributed by atoms with Crippen LogP contribution in [0.3, 0.4) is 0 Å². The minimum Gasteiger partial charge on any atom is -0.490 e. The predicted molar refractivity (Wildman–Crippen MR) is 87.2 cm³/mol. The van der Waals surface area contributed by atoms with E-state index in [0.29, 0.717) is 11.4 Å². The number of ether oxygens (including phenoxy) is 1.